The van der Waals surface area contributed by atoms with Crippen LogP contribution < -0.4 is 14.8 Å². The number of fused-ring (bicyclic) bond motifs is 1. The highest BCUT2D eigenvalue weighted by Crippen LogP contribution is 2.35. The number of hydrogen-bond acceptors (Lipinski definition) is 6. The third-order valence-corrected chi connectivity index (χ3v) is 4.74. The molecule has 0 radical (unpaired) electrons. The van der Waals surface area contributed by atoms with Crippen LogP contribution in [0.15, 0.2) is 48.7 Å². The molecule has 0 aliphatic rings. The Kier molecular flexibility index (Phi) is 5.03. The Morgan fingerprint density at radius 1 is 1.00 bits per heavy atom. The number of nitrogens with zero attached hydrogens (tertiary/aromatic N) is 4. The predicted octanol–water partition coefficient (Wildman–Crippen LogP) is 4.04. The van der Waals surface area contributed by atoms with Gasteiger partial charge in [0.1, 0.15) is 5.82 Å². The number of nitrogens with one attached hydrogen (secondary N) is 1. The number of pyridine rings is 1. The van der Waals surface area contributed by atoms with Crippen LogP contribution in [0.4, 0.5) is 5.82 Å². The molecule has 3 aromatic heterocycles. The maximum Gasteiger partial charge on any atom is 0.165 e. The normalized spacial score (nSPS) is 10.9. The van der Waals surface area contributed by atoms with Crippen molar-refractivity contribution in [1.82, 2.24) is 19.6 Å². The van der Waals surface area contributed by atoms with Gasteiger partial charge in [-0.15, -0.1) is 0 Å². The molecule has 4 aromatic rings. The SMILES string of the molecule is COc1ccc(-c2c(C)nn3c(NCc4ccccn4)cc(C)nc23)cc1OC. The van der Waals surface area contributed by atoms with Crippen molar-refractivity contribution < 1.29 is 9.47 Å². The van der Waals surface area contributed by atoms with Gasteiger partial charge in [0.05, 0.1) is 32.2 Å². The standard InChI is InChI=1S/C22H23N5O2/c1-14-11-20(24-13-17-7-5-6-10-23-17)27-22(25-14)21(15(2)26-27)16-8-9-18(28-3)19(12-16)29-4/h5-12,24H,13H2,1-4H3. The zero-order valence-corrected chi connectivity index (χ0v) is 16.9. The first-order chi connectivity index (χ1) is 14.1. The Morgan fingerprint density at radius 3 is 2.55 bits per heavy atom. The zero-order valence-electron chi connectivity index (χ0n) is 16.9. The lowest BCUT2D eigenvalue weighted by molar-refractivity contribution is 0.355. The Bertz CT molecular complexity index is 1160. The van der Waals surface area contributed by atoms with Crippen LogP contribution in [0.5, 0.6) is 11.5 Å². The van der Waals surface area contributed by atoms with E-state index in [4.69, 9.17) is 19.6 Å². The van der Waals surface area contributed by atoms with E-state index in [9.17, 15) is 0 Å². The molecule has 0 unspecified atom stereocenters. The fourth-order valence-corrected chi connectivity index (χ4v) is 3.38. The number of aromatic nitrogens is 4. The summed E-state index contributed by atoms with van der Waals surface area (Å²) < 4.78 is 12.7. The number of ether oxygens (including phenoxy) is 2. The van der Waals surface area contributed by atoms with Crippen molar-refractivity contribution in [3.8, 4) is 22.6 Å². The van der Waals surface area contributed by atoms with E-state index >= 15 is 0 Å². The lowest BCUT2D eigenvalue weighted by Crippen LogP contribution is -2.07. The maximum absolute atomic E-state index is 5.47. The van der Waals surface area contributed by atoms with Crippen LogP contribution in [-0.4, -0.2) is 33.8 Å². The summed E-state index contributed by atoms with van der Waals surface area (Å²) in [6.45, 7) is 4.56. The first kappa shape index (κ1) is 18.7. The maximum atomic E-state index is 5.47. The summed E-state index contributed by atoms with van der Waals surface area (Å²) in [6, 6.07) is 13.7. The molecule has 1 N–H and O–H groups in total. The molecule has 29 heavy (non-hydrogen) atoms. The molecule has 0 spiro atoms. The predicted molar refractivity (Wildman–Crippen MR) is 113 cm³/mol. The molecule has 0 saturated carbocycles. The Morgan fingerprint density at radius 2 is 1.83 bits per heavy atom. The van der Waals surface area contributed by atoms with Gasteiger partial charge in [-0.2, -0.15) is 9.61 Å². The third-order valence-electron chi connectivity index (χ3n) is 4.74. The molecule has 7 nitrogen and oxygen atoms in total. The van der Waals surface area contributed by atoms with Crippen LogP contribution >= 0.6 is 0 Å². The summed E-state index contributed by atoms with van der Waals surface area (Å²) >= 11 is 0. The van der Waals surface area contributed by atoms with Gasteiger partial charge < -0.3 is 14.8 Å². The van der Waals surface area contributed by atoms with Gasteiger partial charge in [0, 0.05) is 23.5 Å². The topological polar surface area (TPSA) is 73.6 Å². The summed E-state index contributed by atoms with van der Waals surface area (Å²) in [4.78, 5) is 9.13. The van der Waals surface area contributed by atoms with Crippen molar-refractivity contribution >= 4 is 11.5 Å². The molecule has 0 bridgehead atoms. The highest BCUT2D eigenvalue weighted by Gasteiger charge is 2.17. The van der Waals surface area contributed by atoms with Gasteiger partial charge in [0.25, 0.3) is 0 Å². The van der Waals surface area contributed by atoms with Gasteiger partial charge in [0.2, 0.25) is 0 Å². The van der Waals surface area contributed by atoms with Gasteiger partial charge in [-0.3, -0.25) is 4.98 Å². The first-order valence-corrected chi connectivity index (χ1v) is 9.34. The quantitative estimate of drug-likeness (QED) is 0.537. The Hall–Kier alpha value is -3.61. The molecule has 4 rings (SSSR count). The average molecular weight is 389 g/mol. The van der Waals surface area contributed by atoms with E-state index < -0.39 is 0 Å². The molecule has 0 amide bonds. The lowest BCUT2D eigenvalue weighted by atomic mass is 10.1. The van der Waals surface area contributed by atoms with Crippen molar-refractivity contribution in [2.45, 2.75) is 20.4 Å². The molecule has 0 fully saturated rings. The fraction of sp³-hybridized carbons (Fsp3) is 0.227. The minimum absolute atomic E-state index is 0.601. The molecule has 0 saturated heterocycles. The minimum Gasteiger partial charge on any atom is -0.493 e. The van der Waals surface area contributed by atoms with E-state index in [1.54, 1.807) is 20.4 Å². The van der Waals surface area contributed by atoms with E-state index in [0.717, 1.165) is 39.7 Å². The highest BCUT2D eigenvalue weighted by atomic mass is 16.5. The molecular formula is C22H23N5O2. The summed E-state index contributed by atoms with van der Waals surface area (Å²) in [5, 5.41) is 8.17. The van der Waals surface area contributed by atoms with E-state index in [2.05, 4.69) is 10.3 Å². The monoisotopic (exact) mass is 389 g/mol. The molecule has 7 heteroatoms. The van der Waals surface area contributed by atoms with Crippen molar-refractivity contribution in [2.75, 3.05) is 19.5 Å². The molecule has 0 aliphatic heterocycles. The van der Waals surface area contributed by atoms with Crippen molar-refractivity contribution in [3.63, 3.8) is 0 Å². The lowest BCUT2D eigenvalue weighted by Gasteiger charge is -2.11. The molecule has 1 aromatic carbocycles. The number of anilines is 1. The van der Waals surface area contributed by atoms with Crippen LogP contribution in [0.3, 0.4) is 0 Å². The largest absolute Gasteiger partial charge is 0.493 e. The second kappa shape index (κ2) is 7.79. The van der Waals surface area contributed by atoms with Crippen LogP contribution in [0, 0.1) is 13.8 Å². The molecule has 0 atom stereocenters. The fourth-order valence-electron chi connectivity index (χ4n) is 3.38. The summed E-state index contributed by atoms with van der Waals surface area (Å²) in [7, 11) is 3.26. The Balaban J connectivity index is 1.79. The molecule has 3 heterocycles. The van der Waals surface area contributed by atoms with Gasteiger partial charge in [-0.25, -0.2) is 4.98 Å². The van der Waals surface area contributed by atoms with Crippen LogP contribution in [-0.2, 0) is 6.54 Å². The highest BCUT2D eigenvalue weighted by molar-refractivity contribution is 5.82. The number of aryl methyl sites for hydroxylation is 2. The summed E-state index contributed by atoms with van der Waals surface area (Å²) in [6.07, 6.45) is 1.79. The zero-order chi connectivity index (χ0) is 20.4. The van der Waals surface area contributed by atoms with Gasteiger partial charge in [-0.1, -0.05) is 12.1 Å². The van der Waals surface area contributed by atoms with E-state index in [1.807, 2.05) is 60.8 Å². The number of rotatable bonds is 6. The number of methoxy groups -OCH3 is 2. The summed E-state index contributed by atoms with van der Waals surface area (Å²) in [5.74, 6) is 2.23. The van der Waals surface area contributed by atoms with Crippen molar-refractivity contribution in [2.24, 2.45) is 0 Å². The average Bonchev–Trinajstić information content (AvgIpc) is 3.07. The first-order valence-electron chi connectivity index (χ1n) is 9.34. The van der Waals surface area contributed by atoms with Gasteiger partial charge in [-0.05, 0) is 43.7 Å². The smallest absolute Gasteiger partial charge is 0.165 e. The number of hydrogen-bond donors (Lipinski definition) is 1. The van der Waals surface area contributed by atoms with E-state index in [0.29, 0.717) is 18.0 Å². The second-order valence-electron chi connectivity index (χ2n) is 6.72. The van der Waals surface area contributed by atoms with Crippen LogP contribution in [0.1, 0.15) is 17.1 Å². The summed E-state index contributed by atoms with van der Waals surface area (Å²) in [5.41, 5.74) is 5.48. The Labute approximate surface area is 169 Å². The van der Waals surface area contributed by atoms with Crippen LogP contribution in [0.2, 0.25) is 0 Å². The van der Waals surface area contributed by atoms with Crippen LogP contribution in [0.25, 0.3) is 16.8 Å². The van der Waals surface area contributed by atoms with E-state index in [-0.39, 0.29) is 0 Å². The second-order valence-corrected chi connectivity index (χ2v) is 6.72. The molecule has 0 aliphatic carbocycles. The van der Waals surface area contributed by atoms with Crippen molar-refractivity contribution in [1.29, 1.82) is 0 Å². The van der Waals surface area contributed by atoms with Gasteiger partial charge in [0.15, 0.2) is 17.1 Å². The molecule has 148 valence electrons. The van der Waals surface area contributed by atoms with Gasteiger partial charge >= 0.3 is 0 Å². The van der Waals surface area contributed by atoms with E-state index in [1.165, 1.54) is 0 Å². The molecular weight excluding hydrogens is 366 g/mol. The third kappa shape index (κ3) is 3.59. The minimum atomic E-state index is 0.601. The van der Waals surface area contributed by atoms with Crippen molar-refractivity contribution in [3.05, 3.63) is 65.7 Å². The number of benzene rings is 1.